The molecule has 0 spiro atoms. The quantitative estimate of drug-likeness (QED) is 0.564. The summed E-state index contributed by atoms with van der Waals surface area (Å²) in [6.45, 7) is 1.33. The van der Waals surface area contributed by atoms with Crippen molar-refractivity contribution >= 4 is 21.9 Å². The zero-order valence-corrected chi connectivity index (χ0v) is 19.2. The second-order valence-corrected chi connectivity index (χ2v) is 9.75. The Kier molecular flexibility index (Phi) is 5.32. The first kappa shape index (κ1) is 22.0. The zero-order chi connectivity index (χ0) is 23.9. The van der Waals surface area contributed by atoms with Crippen LogP contribution in [-0.4, -0.2) is 49.4 Å². The summed E-state index contributed by atoms with van der Waals surface area (Å²) >= 11 is 0. The van der Waals surface area contributed by atoms with Crippen LogP contribution in [-0.2, 0) is 15.7 Å². The normalized spacial score (nSPS) is 19.9. The van der Waals surface area contributed by atoms with Gasteiger partial charge in [-0.1, -0.05) is 30.3 Å². The molecule has 1 unspecified atom stereocenters. The predicted molar refractivity (Wildman–Crippen MR) is 128 cm³/mol. The van der Waals surface area contributed by atoms with Gasteiger partial charge in [-0.15, -0.1) is 0 Å². The Balaban J connectivity index is 1.68. The average molecular weight is 480 g/mol. The molecule has 3 aromatic rings. The van der Waals surface area contributed by atoms with E-state index in [-0.39, 0.29) is 5.75 Å². The number of hydrogen-bond donors (Lipinski definition) is 1. The molecular weight excluding hydrogens is 457 g/mol. The number of nitrogens with zero attached hydrogens (tertiary/aromatic N) is 4. The van der Waals surface area contributed by atoms with Crippen molar-refractivity contribution in [3.05, 3.63) is 83.9 Å². The fraction of sp³-hybridized carbons (Fsp3) is 0.208. The predicted octanol–water partition coefficient (Wildman–Crippen LogP) is 2.90. The highest BCUT2D eigenvalue weighted by molar-refractivity contribution is 7.86. The van der Waals surface area contributed by atoms with E-state index in [1.807, 2.05) is 29.2 Å². The smallest absolute Gasteiger partial charge is 0.306 e. The summed E-state index contributed by atoms with van der Waals surface area (Å²) in [5, 5.41) is 0. The average Bonchev–Trinajstić information content (AvgIpc) is 3.12. The van der Waals surface area contributed by atoms with E-state index in [0.29, 0.717) is 30.4 Å². The van der Waals surface area contributed by atoms with E-state index in [1.165, 1.54) is 6.07 Å². The molecule has 0 saturated heterocycles. The Morgan fingerprint density at radius 1 is 1.06 bits per heavy atom. The van der Waals surface area contributed by atoms with Gasteiger partial charge in [-0.2, -0.15) is 8.42 Å². The fourth-order valence-electron chi connectivity index (χ4n) is 4.39. The Hall–Kier alpha value is -3.79. The molecule has 0 bridgehead atoms. The number of amidine groups is 1. The molecule has 2 aromatic carbocycles. The number of nitrogens with two attached hydrogens (primary N) is 1. The first-order valence-electron chi connectivity index (χ1n) is 10.7. The van der Waals surface area contributed by atoms with Gasteiger partial charge in [0.1, 0.15) is 17.4 Å². The van der Waals surface area contributed by atoms with Crippen LogP contribution >= 0.6 is 0 Å². The Bertz CT molecular complexity index is 1420. The lowest BCUT2D eigenvalue weighted by molar-refractivity contribution is 0.492. The van der Waals surface area contributed by atoms with Gasteiger partial charge in [-0.05, 0) is 47.4 Å². The summed E-state index contributed by atoms with van der Waals surface area (Å²) in [7, 11) is -3.66. The summed E-state index contributed by atoms with van der Waals surface area (Å²) in [5.74, 6) is 0.818. The second-order valence-electron chi connectivity index (χ2n) is 8.18. The molecule has 1 atom stereocenters. The van der Waals surface area contributed by atoms with Gasteiger partial charge < -0.3 is 9.92 Å². The van der Waals surface area contributed by atoms with Crippen molar-refractivity contribution in [3.63, 3.8) is 0 Å². The van der Waals surface area contributed by atoms with Crippen LogP contribution in [0, 0.1) is 5.82 Å². The van der Waals surface area contributed by atoms with Crippen molar-refractivity contribution in [2.75, 3.05) is 19.3 Å². The first-order chi connectivity index (χ1) is 16.3. The van der Waals surface area contributed by atoms with Gasteiger partial charge >= 0.3 is 10.1 Å². The van der Waals surface area contributed by atoms with Crippen molar-refractivity contribution in [2.45, 2.75) is 12.0 Å². The van der Waals surface area contributed by atoms with E-state index in [1.54, 1.807) is 30.5 Å². The molecule has 8 nitrogen and oxygen atoms in total. The molecule has 2 aliphatic rings. The highest BCUT2D eigenvalue weighted by atomic mass is 32.2. The molecule has 34 heavy (non-hydrogen) atoms. The van der Waals surface area contributed by atoms with Crippen LogP contribution in [0.4, 0.5) is 4.39 Å². The Morgan fingerprint density at radius 3 is 2.59 bits per heavy atom. The minimum atomic E-state index is -3.66. The number of hydrogen-bond acceptors (Lipinski definition) is 8. The third kappa shape index (κ3) is 3.90. The number of aromatic nitrogens is 1. The summed E-state index contributed by atoms with van der Waals surface area (Å²) < 4.78 is 41.9. The van der Waals surface area contributed by atoms with Crippen molar-refractivity contribution in [2.24, 2.45) is 15.7 Å². The number of fused-ring (bicyclic) bond motifs is 1. The number of aliphatic imine (C=N–C) groups is 2. The standard InChI is InChI=1S/C24H22FN5O3S/c1-34(31,32)33-21-8-6-18(7-9-21)24(22-28-10-3-11-30(22)23(26)29-24)19-5-2-4-16(12-19)17-13-20(25)15-27-14-17/h2,4-9,12-15H,3,10-11H2,1H3,(H2,26,29). The van der Waals surface area contributed by atoms with Crippen molar-refractivity contribution in [1.29, 1.82) is 0 Å². The van der Waals surface area contributed by atoms with Gasteiger partial charge in [0.25, 0.3) is 0 Å². The topological polar surface area (TPSA) is 110 Å². The van der Waals surface area contributed by atoms with Crippen molar-refractivity contribution in [1.82, 2.24) is 9.88 Å². The van der Waals surface area contributed by atoms with Crippen LogP contribution < -0.4 is 9.92 Å². The molecule has 5 rings (SSSR count). The van der Waals surface area contributed by atoms with Gasteiger partial charge in [0.15, 0.2) is 11.5 Å². The lowest BCUT2D eigenvalue weighted by Gasteiger charge is -2.33. The molecule has 1 aromatic heterocycles. The lowest BCUT2D eigenvalue weighted by Crippen LogP contribution is -2.46. The molecule has 10 heteroatoms. The number of pyridine rings is 1. The minimum Gasteiger partial charge on any atom is -0.383 e. The number of rotatable bonds is 5. The summed E-state index contributed by atoms with van der Waals surface area (Å²) in [5.41, 5.74) is 8.23. The van der Waals surface area contributed by atoms with Crippen LogP contribution in [0.15, 0.2) is 77.0 Å². The number of halogens is 1. The molecule has 0 aliphatic carbocycles. The van der Waals surface area contributed by atoms with E-state index < -0.39 is 21.5 Å². The van der Waals surface area contributed by atoms with Gasteiger partial charge in [0.2, 0.25) is 0 Å². The molecule has 0 fully saturated rings. The van der Waals surface area contributed by atoms with Gasteiger partial charge in [-0.25, -0.2) is 9.38 Å². The third-order valence-electron chi connectivity index (χ3n) is 5.78. The molecule has 0 saturated carbocycles. The summed E-state index contributed by atoms with van der Waals surface area (Å²) in [6.07, 6.45) is 4.60. The van der Waals surface area contributed by atoms with Crippen LogP contribution in [0.2, 0.25) is 0 Å². The summed E-state index contributed by atoms with van der Waals surface area (Å²) in [4.78, 5) is 15.6. The van der Waals surface area contributed by atoms with Crippen LogP contribution in [0.3, 0.4) is 0 Å². The van der Waals surface area contributed by atoms with Gasteiger partial charge in [-0.3, -0.25) is 14.9 Å². The van der Waals surface area contributed by atoms with Crippen LogP contribution in [0.1, 0.15) is 17.5 Å². The van der Waals surface area contributed by atoms with Crippen molar-refractivity contribution < 1.29 is 17.0 Å². The number of benzene rings is 2. The fourth-order valence-corrected chi connectivity index (χ4v) is 4.85. The van der Waals surface area contributed by atoms with E-state index in [2.05, 4.69) is 4.98 Å². The Morgan fingerprint density at radius 2 is 1.85 bits per heavy atom. The van der Waals surface area contributed by atoms with Gasteiger partial charge in [0, 0.05) is 24.8 Å². The van der Waals surface area contributed by atoms with E-state index >= 15 is 0 Å². The molecular formula is C24H22FN5O3S. The molecule has 3 heterocycles. The van der Waals surface area contributed by atoms with Crippen LogP contribution in [0.25, 0.3) is 11.1 Å². The zero-order valence-electron chi connectivity index (χ0n) is 18.3. The molecule has 2 aliphatic heterocycles. The highest BCUT2D eigenvalue weighted by Gasteiger charge is 2.49. The maximum Gasteiger partial charge on any atom is 0.306 e. The monoisotopic (exact) mass is 479 g/mol. The number of guanidine groups is 1. The highest BCUT2D eigenvalue weighted by Crippen LogP contribution is 2.43. The Labute approximate surface area is 196 Å². The van der Waals surface area contributed by atoms with E-state index in [4.69, 9.17) is 19.9 Å². The summed E-state index contributed by atoms with van der Waals surface area (Å²) in [6, 6.07) is 15.7. The molecule has 174 valence electrons. The third-order valence-corrected chi connectivity index (χ3v) is 6.27. The molecule has 0 radical (unpaired) electrons. The van der Waals surface area contributed by atoms with Crippen LogP contribution in [0.5, 0.6) is 5.75 Å². The maximum atomic E-state index is 13.8. The maximum absolute atomic E-state index is 13.8. The first-order valence-corrected chi connectivity index (χ1v) is 12.5. The van der Waals surface area contributed by atoms with E-state index in [9.17, 15) is 12.8 Å². The van der Waals surface area contributed by atoms with Gasteiger partial charge in [0.05, 0.1) is 12.5 Å². The largest absolute Gasteiger partial charge is 0.383 e. The lowest BCUT2D eigenvalue weighted by atomic mass is 9.81. The molecule has 2 N–H and O–H groups in total. The second kappa shape index (κ2) is 8.21. The molecule has 0 amide bonds. The van der Waals surface area contributed by atoms with Crippen molar-refractivity contribution in [3.8, 4) is 16.9 Å². The SMILES string of the molecule is CS(=O)(=O)Oc1ccc(C2(c3cccc(-c4cncc(F)c4)c3)N=C(N)N3CCCN=C32)cc1. The minimum absolute atomic E-state index is 0.193. The van der Waals surface area contributed by atoms with E-state index in [0.717, 1.165) is 35.6 Å².